The van der Waals surface area contributed by atoms with Crippen molar-refractivity contribution in [2.75, 3.05) is 0 Å². The molecule has 3 fully saturated rings. The highest BCUT2D eigenvalue weighted by Gasteiger charge is 2.32. The molecule has 4 heteroatoms. The Balaban J connectivity index is 1.26. The SMILES string of the molecule is O=C(NC1CC1)c1ccc(CN(C(=O)CCCC2CCCCC2)C2CC2)cc1. The fourth-order valence-corrected chi connectivity index (χ4v) is 4.42. The van der Waals surface area contributed by atoms with Crippen molar-refractivity contribution < 1.29 is 9.59 Å². The van der Waals surface area contributed by atoms with Gasteiger partial charge in [-0.3, -0.25) is 9.59 Å². The Bertz CT molecular complexity index is 670. The van der Waals surface area contributed by atoms with Crippen LogP contribution in [0.3, 0.4) is 0 Å². The lowest BCUT2D eigenvalue weighted by Gasteiger charge is -2.24. The van der Waals surface area contributed by atoms with Crippen LogP contribution >= 0.6 is 0 Å². The number of carbonyl (C=O) groups is 2. The molecular formula is C24H34N2O2. The number of nitrogens with one attached hydrogen (secondary N) is 1. The predicted octanol–water partition coefficient (Wildman–Crippen LogP) is 4.82. The van der Waals surface area contributed by atoms with Gasteiger partial charge in [0.1, 0.15) is 0 Å². The van der Waals surface area contributed by atoms with Crippen LogP contribution in [0.1, 0.15) is 93.0 Å². The monoisotopic (exact) mass is 382 g/mol. The number of hydrogen-bond donors (Lipinski definition) is 1. The summed E-state index contributed by atoms with van der Waals surface area (Å²) in [6.45, 7) is 0.678. The second-order valence-corrected chi connectivity index (χ2v) is 9.09. The maximum atomic E-state index is 12.8. The quantitative estimate of drug-likeness (QED) is 0.666. The fourth-order valence-electron chi connectivity index (χ4n) is 4.42. The number of benzene rings is 1. The molecule has 0 heterocycles. The van der Waals surface area contributed by atoms with Crippen molar-refractivity contribution in [2.24, 2.45) is 5.92 Å². The van der Waals surface area contributed by atoms with Crippen molar-refractivity contribution >= 4 is 11.8 Å². The second-order valence-electron chi connectivity index (χ2n) is 9.09. The Kier molecular flexibility index (Phi) is 6.33. The minimum absolute atomic E-state index is 0.0203. The molecular weight excluding hydrogens is 348 g/mol. The summed E-state index contributed by atoms with van der Waals surface area (Å²) in [5.74, 6) is 1.19. The molecule has 4 nitrogen and oxygen atoms in total. The zero-order chi connectivity index (χ0) is 19.3. The number of hydrogen-bond acceptors (Lipinski definition) is 2. The van der Waals surface area contributed by atoms with Gasteiger partial charge >= 0.3 is 0 Å². The summed E-state index contributed by atoms with van der Waals surface area (Å²) in [5, 5.41) is 3.02. The molecule has 0 bridgehead atoms. The van der Waals surface area contributed by atoms with Crippen LogP contribution in [0, 0.1) is 5.92 Å². The highest BCUT2D eigenvalue weighted by atomic mass is 16.2. The third-order valence-corrected chi connectivity index (χ3v) is 6.52. The molecule has 1 N–H and O–H groups in total. The minimum atomic E-state index is 0.0203. The van der Waals surface area contributed by atoms with E-state index in [2.05, 4.69) is 10.2 Å². The zero-order valence-electron chi connectivity index (χ0n) is 17.0. The minimum Gasteiger partial charge on any atom is -0.349 e. The lowest BCUT2D eigenvalue weighted by molar-refractivity contribution is -0.132. The smallest absolute Gasteiger partial charge is 0.251 e. The summed E-state index contributed by atoms with van der Waals surface area (Å²) in [5.41, 5.74) is 1.84. The number of nitrogens with zero attached hydrogens (tertiary/aromatic N) is 1. The largest absolute Gasteiger partial charge is 0.349 e. The molecule has 0 atom stereocenters. The number of amides is 2. The van der Waals surface area contributed by atoms with Gasteiger partial charge in [0, 0.05) is 30.6 Å². The Morgan fingerprint density at radius 2 is 1.64 bits per heavy atom. The molecule has 0 unspecified atom stereocenters. The average molecular weight is 383 g/mol. The molecule has 0 saturated heterocycles. The first-order valence-corrected chi connectivity index (χ1v) is 11.4. The lowest BCUT2D eigenvalue weighted by atomic mass is 9.86. The molecule has 0 aromatic heterocycles. The summed E-state index contributed by atoms with van der Waals surface area (Å²) in [4.78, 5) is 27.0. The lowest BCUT2D eigenvalue weighted by Crippen LogP contribution is -2.32. The third-order valence-electron chi connectivity index (χ3n) is 6.52. The molecule has 28 heavy (non-hydrogen) atoms. The Morgan fingerprint density at radius 3 is 2.29 bits per heavy atom. The number of rotatable bonds is 9. The standard InChI is InChI=1S/C24H34N2O2/c27-23(8-4-7-18-5-2-1-3-6-18)26(22-15-16-22)17-19-9-11-20(12-10-19)24(28)25-21-13-14-21/h9-12,18,21-22H,1-8,13-17H2,(H,25,28). The van der Waals surface area contributed by atoms with Gasteiger partial charge in [0.15, 0.2) is 0 Å². The van der Waals surface area contributed by atoms with Gasteiger partial charge < -0.3 is 10.2 Å². The normalized spacial score (nSPS) is 20.0. The summed E-state index contributed by atoms with van der Waals surface area (Å²) in [7, 11) is 0. The van der Waals surface area contributed by atoms with E-state index in [4.69, 9.17) is 0 Å². The van der Waals surface area contributed by atoms with E-state index in [1.54, 1.807) is 0 Å². The van der Waals surface area contributed by atoms with Crippen molar-refractivity contribution in [1.82, 2.24) is 10.2 Å². The molecule has 3 saturated carbocycles. The van der Waals surface area contributed by atoms with Crippen LogP contribution in [0.15, 0.2) is 24.3 Å². The Labute approximate surface area is 169 Å². The summed E-state index contributed by atoms with van der Waals surface area (Å²) in [6.07, 6.45) is 14.3. The van der Waals surface area contributed by atoms with E-state index < -0.39 is 0 Å². The van der Waals surface area contributed by atoms with Crippen molar-refractivity contribution in [3.63, 3.8) is 0 Å². The Morgan fingerprint density at radius 1 is 0.929 bits per heavy atom. The van der Waals surface area contributed by atoms with Crippen molar-refractivity contribution in [3.05, 3.63) is 35.4 Å². The van der Waals surface area contributed by atoms with E-state index >= 15 is 0 Å². The van der Waals surface area contributed by atoms with Gasteiger partial charge in [-0.1, -0.05) is 44.2 Å². The summed E-state index contributed by atoms with van der Waals surface area (Å²) < 4.78 is 0. The van der Waals surface area contributed by atoms with E-state index in [0.29, 0.717) is 36.5 Å². The van der Waals surface area contributed by atoms with Gasteiger partial charge in [-0.05, 0) is 62.1 Å². The molecule has 1 aromatic rings. The fraction of sp³-hybridized carbons (Fsp3) is 0.667. The van der Waals surface area contributed by atoms with Crippen molar-refractivity contribution in [1.29, 1.82) is 0 Å². The van der Waals surface area contributed by atoms with Crippen LogP contribution in [0.5, 0.6) is 0 Å². The van der Waals surface area contributed by atoms with Crippen LogP contribution in [-0.2, 0) is 11.3 Å². The maximum Gasteiger partial charge on any atom is 0.251 e. The van der Waals surface area contributed by atoms with Crippen molar-refractivity contribution in [3.8, 4) is 0 Å². The molecule has 0 aliphatic heterocycles. The van der Waals surface area contributed by atoms with Gasteiger partial charge in [0.2, 0.25) is 5.91 Å². The molecule has 0 radical (unpaired) electrons. The third kappa shape index (κ3) is 5.59. The zero-order valence-corrected chi connectivity index (χ0v) is 17.0. The number of carbonyl (C=O) groups excluding carboxylic acids is 2. The maximum absolute atomic E-state index is 12.8. The van der Waals surface area contributed by atoms with E-state index in [9.17, 15) is 9.59 Å². The predicted molar refractivity (Wildman–Crippen MR) is 111 cm³/mol. The van der Waals surface area contributed by atoms with Crippen molar-refractivity contribution in [2.45, 2.75) is 95.7 Å². The molecule has 152 valence electrons. The Hall–Kier alpha value is -1.84. The van der Waals surface area contributed by atoms with E-state index in [1.807, 2.05) is 24.3 Å². The van der Waals surface area contributed by atoms with Crippen LogP contribution in [0.2, 0.25) is 0 Å². The first-order chi connectivity index (χ1) is 13.7. The molecule has 2 amide bonds. The molecule has 0 spiro atoms. The molecule has 3 aliphatic carbocycles. The average Bonchev–Trinajstić information content (AvgIpc) is 3.62. The van der Waals surface area contributed by atoms with Gasteiger partial charge in [-0.25, -0.2) is 0 Å². The van der Waals surface area contributed by atoms with Crippen LogP contribution in [-0.4, -0.2) is 28.8 Å². The first kappa shape index (κ1) is 19.5. The molecule has 4 rings (SSSR count). The van der Waals surface area contributed by atoms with Gasteiger partial charge in [-0.2, -0.15) is 0 Å². The topological polar surface area (TPSA) is 49.4 Å². The summed E-state index contributed by atoms with van der Waals surface area (Å²) >= 11 is 0. The highest BCUT2D eigenvalue weighted by molar-refractivity contribution is 5.94. The van der Waals surface area contributed by atoms with Gasteiger partial charge in [0.05, 0.1) is 0 Å². The summed E-state index contributed by atoms with van der Waals surface area (Å²) in [6, 6.07) is 8.61. The van der Waals surface area contributed by atoms with Crippen LogP contribution in [0.4, 0.5) is 0 Å². The van der Waals surface area contributed by atoms with E-state index in [0.717, 1.165) is 43.6 Å². The van der Waals surface area contributed by atoms with E-state index in [-0.39, 0.29) is 5.91 Å². The molecule has 1 aromatic carbocycles. The molecule has 3 aliphatic rings. The van der Waals surface area contributed by atoms with Crippen LogP contribution < -0.4 is 5.32 Å². The van der Waals surface area contributed by atoms with Crippen LogP contribution in [0.25, 0.3) is 0 Å². The van der Waals surface area contributed by atoms with Gasteiger partial charge in [-0.15, -0.1) is 0 Å². The van der Waals surface area contributed by atoms with Gasteiger partial charge in [0.25, 0.3) is 5.91 Å². The highest BCUT2D eigenvalue weighted by Crippen LogP contribution is 2.31. The first-order valence-electron chi connectivity index (χ1n) is 11.4. The second kappa shape index (κ2) is 9.11. The van der Waals surface area contributed by atoms with E-state index in [1.165, 1.54) is 38.5 Å².